The zero-order valence-electron chi connectivity index (χ0n) is 11.0. The number of para-hydroxylation sites is 1. The van der Waals surface area contributed by atoms with Crippen molar-refractivity contribution in [2.75, 3.05) is 11.9 Å². The number of nitrogens with zero attached hydrogens (tertiary/aromatic N) is 5. The van der Waals surface area contributed by atoms with Crippen molar-refractivity contribution in [1.29, 1.82) is 0 Å². The van der Waals surface area contributed by atoms with Gasteiger partial charge >= 0.3 is 0 Å². The van der Waals surface area contributed by atoms with Gasteiger partial charge < -0.3 is 5.32 Å². The number of aromatic nitrogens is 5. The number of hydrogen-bond acceptors (Lipinski definition) is 6. The maximum absolute atomic E-state index is 4.43. The van der Waals surface area contributed by atoms with Crippen molar-refractivity contribution in [2.24, 2.45) is 0 Å². The molecule has 2 heterocycles. The number of nitrogens with one attached hydrogen (secondary N) is 1. The highest BCUT2D eigenvalue weighted by atomic mass is 32.1. The minimum Gasteiger partial charge on any atom is -0.352 e. The lowest BCUT2D eigenvalue weighted by molar-refractivity contribution is 0.788. The number of anilines is 1. The molecule has 0 saturated heterocycles. The second kappa shape index (κ2) is 5.79. The van der Waals surface area contributed by atoms with Crippen LogP contribution in [0.1, 0.15) is 10.7 Å². The lowest BCUT2D eigenvalue weighted by atomic mass is 10.3. The number of rotatable bonds is 5. The molecule has 0 unspecified atom stereocenters. The molecule has 3 aromatic rings. The van der Waals surface area contributed by atoms with Crippen LogP contribution in [0.25, 0.3) is 5.69 Å². The third kappa shape index (κ3) is 2.83. The van der Waals surface area contributed by atoms with Crippen LogP contribution in [0.15, 0.2) is 35.7 Å². The van der Waals surface area contributed by atoms with Gasteiger partial charge in [0.25, 0.3) is 0 Å². The van der Waals surface area contributed by atoms with Crippen molar-refractivity contribution in [3.63, 3.8) is 0 Å². The molecular formula is C13H14N6S. The summed E-state index contributed by atoms with van der Waals surface area (Å²) in [4.78, 5) is 4.43. The molecule has 0 amide bonds. The number of thiazole rings is 1. The molecule has 7 heteroatoms. The second-order valence-corrected chi connectivity index (χ2v) is 5.25. The largest absolute Gasteiger partial charge is 0.352 e. The molecule has 0 bridgehead atoms. The van der Waals surface area contributed by atoms with Crippen LogP contribution in [0, 0.1) is 6.92 Å². The van der Waals surface area contributed by atoms with Crippen molar-refractivity contribution in [2.45, 2.75) is 13.3 Å². The Morgan fingerprint density at radius 2 is 2.10 bits per heavy atom. The van der Waals surface area contributed by atoms with E-state index in [-0.39, 0.29) is 0 Å². The maximum Gasteiger partial charge on any atom is 0.247 e. The van der Waals surface area contributed by atoms with Crippen molar-refractivity contribution >= 4 is 17.3 Å². The average molecular weight is 286 g/mol. The Labute approximate surface area is 120 Å². The van der Waals surface area contributed by atoms with Gasteiger partial charge in [-0.25, -0.2) is 4.98 Å². The number of benzene rings is 1. The van der Waals surface area contributed by atoms with Crippen molar-refractivity contribution in [3.8, 4) is 5.69 Å². The van der Waals surface area contributed by atoms with E-state index in [1.807, 2.05) is 37.3 Å². The standard InChI is InChI=1S/C13H14N6S/c1-10-9-20-12(15-10)7-8-14-13-16-17-18-19(13)11-5-3-2-4-6-11/h2-6,9H,7-8H2,1H3,(H,14,16,18). The van der Waals surface area contributed by atoms with Crippen LogP contribution in [0.5, 0.6) is 0 Å². The van der Waals surface area contributed by atoms with Gasteiger partial charge in [-0.05, 0) is 29.5 Å². The van der Waals surface area contributed by atoms with Crippen LogP contribution in [-0.2, 0) is 6.42 Å². The molecule has 2 aromatic heterocycles. The topological polar surface area (TPSA) is 68.5 Å². The molecule has 0 atom stereocenters. The number of tetrazole rings is 1. The minimum absolute atomic E-state index is 0.643. The third-order valence-electron chi connectivity index (χ3n) is 2.76. The Kier molecular flexibility index (Phi) is 3.69. The van der Waals surface area contributed by atoms with Crippen LogP contribution in [-0.4, -0.2) is 31.7 Å². The smallest absolute Gasteiger partial charge is 0.247 e. The molecule has 0 aliphatic rings. The fourth-order valence-electron chi connectivity index (χ4n) is 1.84. The van der Waals surface area contributed by atoms with E-state index in [2.05, 4.69) is 31.2 Å². The predicted molar refractivity (Wildman–Crippen MR) is 78.2 cm³/mol. The average Bonchev–Trinajstić information content (AvgIpc) is 3.09. The Hall–Kier alpha value is -2.28. The molecule has 20 heavy (non-hydrogen) atoms. The summed E-state index contributed by atoms with van der Waals surface area (Å²) in [5.41, 5.74) is 2.00. The first-order valence-corrected chi connectivity index (χ1v) is 7.19. The first kappa shape index (κ1) is 12.7. The normalized spacial score (nSPS) is 10.7. The van der Waals surface area contributed by atoms with E-state index in [0.717, 1.165) is 29.4 Å². The van der Waals surface area contributed by atoms with Gasteiger partial charge in [-0.15, -0.1) is 11.3 Å². The third-order valence-corrected chi connectivity index (χ3v) is 3.79. The summed E-state index contributed by atoms with van der Waals surface area (Å²) < 4.78 is 1.69. The van der Waals surface area contributed by atoms with E-state index in [0.29, 0.717) is 5.95 Å². The summed E-state index contributed by atoms with van der Waals surface area (Å²) in [5, 5.41) is 18.1. The maximum atomic E-state index is 4.43. The van der Waals surface area contributed by atoms with Gasteiger partial charge in [0.1, 0.15) is 0 Å². The van der Waals surface area contributed by atoms with Gasteiger partial charge in [-0.1, -0.05) is 23.3 Å². The van der Waals surface area contributed by atoms with Gasteiger partial charge in [0.2, 0.25) is 5.95 Å². The predicted octanol–water partition coefficient (Wildman–Crippen LogP) is 2.08. The van der Waals surface area contributed by atoms with Gasteiger partial charge in [0.05, 0.1) is 10.7 Å². The fraction of sp³-hybridized carbons (Fsp3) is 0.231. The highest BCUT2D eigenvalue weighted by molar-refractivity contribution is 7.09. The fourth-order valence-corrected chi connectivity index (χ4v) is 2.62. The summed E-state index contributed by atoms with van der Waals surface area (Å²) >= 11 is 1.68. The summed E-state index contributed by atoms with van der Waals surface area (Å²) in [7, 11) is 0. The Morgan fingerprint density at radius 3 is 2.85 bits per heavy atom. The van der Waals surface area contributed by atoms with Crippen LogP contribution >= 0.6 is 11.3 Å². The van der Waals surface area contributed by atoms with E-state index >= 15 is 0 Å². The van der Waals surface area contributed by atoms with Crippen LogP contribution in [0.4, 0.5) is 5.95 Å². The quantitative estimate of drug-likeness (QED) is 0.777. The van der Waals surface area contributed by atoms with E-state index in [1.54, 1.807) is 16.0 Å². The van der Waals surface area contributed by atoms with Gasteiger partial charge in [0.15, 0.2) is 0 Å². The molecule has 3 rings (SSSR count). The molecule has 0 aliphatic heterocycles. The molecule has 0 spiro atoms. The van der Waals surface area contributed by atoms with Gasteiger partial charge in [-0.3, -0.25) is 0 Å². The molecule has 1 N–H and O–H groups in total. The number of hydrogen-bond donors (Lipinski definition) is 1. The first-order valence-electron chi connectivity index (χ1n) is 6.31. The molecule has 0 radical (unpaired) electrons. The monoisotopic (exact) mass is 286 g/mol. The molecule has 1 aromatic carbocycles. The van der Waals surface area contributed by atoms with E-state index < -0.39 is 0 Å². The Balaban J connectivity index is 1.65. The van der Waals surface area contributed by atoms with Gasteiger partial charge in [0, 0.05) is 24.0 Å². The molecule has 102 valence electrons. The van der Waals surface area contributed by atoms with Crippen molar-refractivity contribution < 1.29 is 0 Å². The molecule has 0 aliphatic carbocycles. The van der Waals surface area contributed by atoms with Gasteiger partial charge in [-0.2, -0.15) is 4.68 Å². The Morgan fingerprint density at radius 1 is 1.25 bits per heavy atom. The molecular weight excluding hydrogens is 272 g/mol. The second-order valence-electron chi connectivity index (χ2n) is 4.31. The van der Waals surface area contributed by atoms with Crippen LogP contribution < -0.4 is 5.32 Å². The SMILES string of the molecule is Cc1csc(CCNc2nnnn2-c2ccccc2)n1. The number of aryl methyl sites for hydroxylation is 1. The van der Waals surface area contributed by atoms with Crippen molar-refractivity contribution in [1.82, 2.24) is 25.2 Å². The highest BCUT2D eigenvalue weighted by Gasteiger charge is 2.07. The zero-order chi connectivity index (χ0) is 13.8. The highest BCUT2D eigenvalue weighted by Crippen LogP contribution is 2.12. The lowest BCUT2D eigenvalue weighted by Gasteiger charge is -2.05. The lowest BCUT2D eigenvalue weighted by Crippen LogP contribution is -2.10. The Bertz CT molecular complexity index is 675. The molecule has 6 nitrogen and oxygen atoms in total. The summed E-state index contributed by atoms with van der Waals surface area (Å²) in [6.45, 7) is 2.75. The summed E-state index contributed by atoms with van der Waals surface area (Å²) in [6, 6.07) is 9.81. The zero-order valence-corrected chi connectivity index (χ0v) is 11.8. The van der Waals surface area contributed by atoms with E-state index in [9.17, 15) is 0 Å². The first-order chi connectivity index (χ1) is 9.83. The van der Waals surface area contributed by atoms with Crippen molar-refractivity contribution in [3.05, 3.63) is 46.4 Å². The van der Waals surface area contributed by atoms with E-state index in [4.69, 9.17) is 0 Å². The minimum atomic E-state index is 0.643. The molecule has 0 fully saturated rings. The van der Waals surface area contributed by atoms with E-state index in [1.165, 1.54) is 0 Å². The van der Waals surface area contributed by atoms with Crippen LogP contribution in [0.3, 0.4) is 0 Å². The summed E-state index contributed by atoms with van der Waals surface area (Å²) in [5.74, 6) is 0.643. The van der Waals surface area contributed by atoms with Crippen LogP contribution in [0.2, 0.25) is 0 Å². The molecule has 0 saturated carbocycles. The summed E-state index contributed by atoms with van der Waals surface area (Å²) in [6.07, 6.45) is 0.861.